The number of hydrogen-bond donors (Lipinski definition) is 2. The van der Waals surface area contributed by atoms with Crippen LogP contribution in [0, 0.1) is 10.1 Å². The summed E-state index contributed by atoms with van der Waals surface area (Å²) in [7, 11) is 0. The molecule has 0 spiro atoms. The van der Waals surface area contributed by atoms with E-state index in [4.69, 9.17) is 0 Å². The molecule has 9 heteroatoms. The molecule has 2 aromatic rings. The molecule has 2 N–H and O–H groups in total. The van der Waals surface area contributed by atoms with Gasteiger partial charge < -0.3 is 0 Å². The van der Waals surface area contributed by atoms with Gasteiger partial charge in [-0.15, -0.1) is 0 Å². The van der Waals surface area contributed by atoms with Crippen LogP contribution < -0.4 is 10.6 Å². The third kappa shape index (κ3) is 3.36. The number of amides is 3. The van der Waals surface area contributed by atoms with Gasteiger partial charge in [0.25, 0.3) is 5.91 Å². The van der Waals surface area contributed by atoms with Crippen molar-refractivity contribution in [3.05, 3.63) is 52.2 Å². The fourth-order valence-corrected chi connectivity index (χ4v) is 1.93. The summed E-state index contributed by atoms with van der Waals surface area (Å²) in [6.07, 6.45) is 1.03. The van der Waals surface area contributed by atoms with Gasteiger partial charge in [-0.2, -0.15) is 0 Å². The van der Waals surface area contributed by atoms with Gasteiger partial charge >= 0.3 is 11.0 Å². The second-order valence-electron chi connectivity index (χ2n) is 3.54. The van der Waals surface area contributed by atoms with E-state index in [-0.39, 0.29) is 10.1 Å². The van der Waals surface area contributed by atoms with Crippen molar-refractivity contribution in [3.8, 4) is 0 Å². The van der Waals surface area contributed by atoms with E-state index in [2.05, 4.69) is 15.6 Å². The van der Waals surface area contributed by atoms with Crippen LogP contribution in [0.4, 0.5) is 14.9 Å². The Morgan fingerprint density at radius 3 is 2.55 bits per heavy atom. The molecular formula is C11H8N4O4S. The molecule has 0 fully saturated rings. The molecule has 0 saturated heterocycles. The molecule has 0 saturated carbocycles. The number of benzene rings is 1. The highest BCUT2D eigenvalue weighted by Gasteiger charge is 2.15. The predicted molar refractivity (Wildman–Crippen MR) is 71.7 cm³/mol. The number of nitrogens with zero attached hydrogens (tertiary/aromatic N) is 2. The van der Waals surface area contributed by atoms with E-state index >= 15 is 0 Å². The smallest absolute Gasteiger partial charge is 0.283 e. The summed E-state index contributed by atoms with van der Waals surface area (Å²) < 4.78 is 0. The Morgan fingerprint density at radius 1 is 1.25 bits per heavy atom. The van der Waals surface area contributed by atoms with Crippen molar-refractivity contribution in [1.82, 2.24) is 10.3 Å². The first-order chi connectivity index (χ1) is 9.56. The molecule has 102 valence electrons. The molecule has 2 rings (SSSR count). The first kappa shape index (κ1) is 13.6. The van der Waals surface area contributed by atoms with E-state index in [1.807, 2.05) is 0 Å². The van der Waals surface area contributed by atoms with Crippen LogP contribution in [0.15, 0.2) is 36.5 Å². The van der Waals surface area contributed by atoms with Crippen LogP contribution in [0.5, 0.6) is 0 Å². The van der Waals surface area contributed by atoms with Gasteiger partial charge in [0.15, 0.2) is 5.13 Å². The minimum Gasteiger partial charge on any atom is -0.283 e. The predicted octanol–water partition coefficient (Wildman–Crippen LogP) is 2.01. The van der Waals surface area contributed by atoms with Crippen LogP contribution in [0.1, 0.15) is 10.4 Å². The quantitative estimate of drug-likeness (QED) is 0.663. The van der Waals surface area contributed by atoms with Crippen LogP contribution in [0.2, 0.25) is 0 Å². The molecule has 0 aliphatic carbocycles. The summed E-state index contributed by atoms with van der Waals surface area (Å²) >= 11 is 0.699. The van der Waals surface area contributed by atoms with Crippen molar-refractivity contribution in [1.29, 1.82) is 0 Å². The lowest BCUT2D eigenvalue weighted by Gasteiger charge is -2.03. The first-order valence-corrected chi connectivity index (χ1v) is 6.15. The van der Waals surface area contributed by atoms with E-state index in [0.717, 1.165) is 6.20 Å². The second-order valence-corrected chi connectivity index (χ2v) is 4.54. The van der Waals surface area contributed by atoms with Crippen molar-refractivity contribution >= 4 is 33.4 Å². The lowest BCUT2D eigenvalue weighted by atomic mass is 10.2. The summed E-state index contributed by atoms with van der Waals surface area (Å²) in [6.45, 7) is 0. The zero-order valence-electron chi connectivity index (χ0n) is 9.90. The minimum atomic E-state index is -0.803. The van der Waals surface area contributed by atoms with E-state index in [1.165, 1.54) is 0 Å². The zero-order valence-corrected chi connectivity index (χ0v) is 10.7. The number of carbonyl (C=O) groups is 2. The Kier molecular flexibility index (Phi) is 4.01. The van der Waals surface area contributed by atoms with Crippen molar-refractivity contribution in [2.45, 2.75) is 0 Å². The van der Waals surface area contributed by atoms with E-state index in [9.17, 15) is 19.7 Å². The molecule has 1 heterocycles. The van der Waals surface area contributed by atoms with Gasteiger partial charge in [-0.05, 0) is 23.5 Å². The van der Waals surface area contributed by atoms with Crippen LogP contribution in [0.3, 0.4) is 0 Å². The summed E-state index contributed by atoms with van der Waals surface area (Å²) in [4.78, 5) is 36.7. The molecular weight excluding hydrogens is 284 g/mol. The molecule has 20 heavy (non-hydrogen) atoms. The number of carbonyl (C=O) groups excluding carboxylic acids is 2. The zero-order chi connectivity index (χ0) is 14.5. The van der Waals surface area contributed by atoms with Gasteiger partial charge in [0, 0.05) is 5.56 Å². The van der Waals surface area contributed by atoms with Crippen molar-refractivity contribution in [3.63, 3.8) is 0 Å². The number of anilines is 1. The Labute approximate surface area is 116 Å². The largest absolute Gasteiger partial charge is 0.345 e. The molecule has 1 aromatic heterocycles. The normalized spacial score (nSPS) is 9.80. The third-order valence-electron chi connectivity index (χ3n) is 2.16. The Morgan fingerprint density at radius 2 is 1.95 bits per heavy atom. The molecule has 0 bridgehead atoms. The summed E-state index contributed by atoms with van der Waals surface area (Å²) in [5.74, 6) is -0.575. The lowest BCUT2D eigenvalue weighted by molar-refractivity contribution is -0.380. The lowest BCUT2D eigenvalue weighted by Crippen LogP contribution is -2.34. The molecule has 0 unspecified atom stereocenters. The van der Waals surface area contributed by atoms with Crippen molar-refractivity contribution < 1.29 is 14.5 Å². The van der Waals surface area contributed by atoms with Gasteiger partial charge in [-0.25, -0.2) is 9.78 Å². The minimum absolute atomic E-state index is 0.0371. The average molecular weight is 292 g/mol. The molecule has 8 nitrogen and oxygen atoms in total. The summed E-state index contributed by atoms with van der Waals surface area (Å²) in [5.41, 5.74) is 0.327. The molecule has 0 radical (unpaired) electrons. The van der Waals surface area contributed by atoms with Gasteiger partial charge in [0.1, 0.15) is 6.20 Å². The SMILES string of the molecule is O=C(NC(=O)c1ccccc1)Nc1ncc([N+](=O)[O-])s1. The van der Waals surface area contributed by atoms with Gasteiger partial charge in [-0.3, -0.25) is 25.5 Å². The van der Waals surface area contributed by atoms with Crippen LogP contribution in [-0.2, 0) is 0 Å². The number of aromatic nitrogens is 1. The fourth-order valence-electron chi connectivity index (χ4n) is 1.30. The highest BCUT2D eigenvalue weighted by Crippen LogP contribution is 2.24. The van der Waals surface area contributed by atoms with E-state index < -0.39 is 16.9 Å². The molecule has 1 aromatic carbocycles. The highest BCUT2D eigenvalue weighted by molar-refractivity contribution is 7.18. The van der Waals surface area contributed by atoms with Crippen LogP contribution >= 0.6 is 11.3 Å². The number of urea groups is 1. The van der Waals surface area contributed by atoms with E-state index in [1.54, 1.807) is 30.3 Å². The standard InChI is InChI=1S/C11H8N4O4S/c16-9(7-4-2-1-3-5-7)13-10(17)14-11-12-6-8(20-11)15(18)19/h1-6H,(H2,12,13,14,16,17). The maximum absolute atomic E-state index is 11.7. The molecule has 0 aliphatic rings. The van der Waals surface area contributed by atoms with Gasteiger partial charge in [0.2, 0.25) is 0 Å². The fraction of sp³-hybridized carbons (Fsp3) is 0. The number of hydrogen-bond acceptors (Lipinski definition) is 6. The molecule has 3 amide bonds. The Balaban J connectivity index is 1.95. The Bertz CT molecular complexity index is 655. The topological polar surface area (TPSA) is 114 Å². The van der Waals surface area contributed by atoms with Crippen LogP contribution in [-0.4, -0.2) is 21.8 Å². The monoisotopic (exact) mass is 292 g/mol. The maximum Gasteiger partial charge on any atom is 0.345 e. The average Bonchev–Trinajstić information content (AvgIpc) is 2.88. The highest BCUT2D eigenvalue weighted by atomic mass is 32.1. The van der Waals surface area contributed by atoms with Crippen LogP contribution in [0.25, 0.3) is 0 Å². The third-order valence-corrected chi connectivity index (χ3v) is 3.02. The number of rotatable bonds is 3. The molecule has 0 aliphatic heterocycles. The van der Waals surface area contributed by atoms with E-state index in [0.29, 0.717) is 16.9 Å². The number of nitro groups is 1. The van der Waals surface area contributed by atoms with Crippen molar-refractivity contribution in [2.75, 3.05) is 5.32 Å². The summed E-state index contributed by atoms with van der Waals surface area (Å²) in [5, 5.41) is 14.6. The summed E-state index contributed by atoms with van der Waals surface area (Å²) in [6, 6.07) is 7.37. The van der Waals surface area contributed by atoms with Gasteiger partial charge in [-0.1, -0.05) is 18.2 Å². The number of nitrogens with one attached hydrogen (secondary N) is 2. The van der Waals surface area contributed by atoms with Gasteiger partial charge in [0.05, 0.1) is 4.92 Å². The van der Waals surface area contributed by atoms with Crippen molar-refractivity contribution in [2.24, 2.45) is 0 Å². The second kappa shape index (κ2) is 5.89. The maximum atomic E-state index is 11.7. The Hall–Kier alpha value is -2.81. The first-order valence-electron chi connectivity index (χ1n) is 5.34. The molecule has 0 atom stereocenters. The number of thiazole rings is 1. The number of imide groups is 1.